The summed E-state index contributed by atoms with van der Waals surface area (Å²) in [6, 6.07) is 16.8. The van der Waals surface area contributed by atoms with E-state index in [1.54, 1.807) is 18.2 Å². The maximum absolute atomic E-state index is 15.5. The number of methoxy groups -OCH3 is 1. The van der Waals surface area contributed by atoms with Crippen LogP contribution in [0.4, 0.5) is 0 Å². The Labute approximate surface area is 324 Å². The predicted molar refractivity (Wildman–Crippen MR) is 212 cm³/mol. The van der Waals surface area contributed by atoms with Crippen molar-refractivity contribution in [2.24, 2.45) is 29.6 Å². The first-order chi connectivity index (χ1) is 26.6. The normalized spacial score (nSPS) is 33.3. The number of aliphatic hydroxyl groups is 2. The van der Waals surface area contributed by atoms with Gasteiger partial charge in [-0.15, -0.1) is 0 Å². The highest BCUT2D eigenvalue weighted by molar-refractivity contribution is 5.84. The Morgan fingerprint density at radius 1 is 0.964 bits per heavy atom. The summed E-state index contributed by atoms with van der Waals surface area (Å²) in [4.78, 5) is 15.5. The number of aromatic hydroxyl groups is 3. The number of rotatable bonds is 9. The molecule has 0 aromatic heterocycles. The second kappa shape index (κ2) is 14.7. The molecule has 0 radical (unpaired) electrons. The fraction of sp³-hybridized carbons (Fsp3) is 0.511. The van der Waals surface area contributed by atoms with Crippen molar-refractivity contribution in [3.63, 3.8) is 0 Å². The maximum atomic E-state index is 15.5. The molecule has 1 saturated heterocycles. The highest BCUT2D eigenvalue weighted by Crippen LogP contribution is 2.69. The van der Waals surface area contributed by atoms with Gasteiger partial charge in [-0.2, -0.15) is 0 Å². The highest BCUT2D eigenvalue weighted by atomic mass is 16.5. The number of piperidine rings is 1. The summed E-state index contributed by atoms with van der Waals surface area (Å²) in [5.74, 6) is 5.18. The molecule has 1 aliphatic heterocycles. The van der Waals surface area contributed by atoms with Crippen molar-refractivity contribution in [3.8, 4) is 34.8 Å². The van der Waals surface area contributed by atoms with E-state index in [0.717, 1.165) is 55.2 Å². The Bertz CT molecular complexity index is 2030. The van der Waals surface area contributed by atoms with Crippen molar-refractivity contribution >= 4 is 11.9 Å². The average Bonchev–Trinajstić information content (AvgIpc) is 3.18. The molecule has 290 valence electrons. The molecule has 1 spiro atoms. The van der Waals surface area contributed by atoms with Crippen LogP contribution < -0.4 is 10.1 Å². The van der Waals surface area contributed by atoms with Gasteiger partial charge in [0.15, 0.2) is 23.0 Å². The molecular formula is C47H55NO7. The lowest BCUT2D eigenvalue weighted by Gasteiger charge is -2.72. The first kappa shape index (κ1) is 37.6. The molecule has 0 unspecified atom stereocenters. The number of carbonyl (C=O) groups is 1. The third-order valence-electron chi connectivity index (χ3n) is 14.4. The second-order valence-corrected chi connectivity index (χ2v) is 17.0. The molecule has 8 rings (SSSR count). The van der Waals surface area contributed by atoms with Crippen LogP contribution in [-0.2, 0) is 23.2 Å². The van der Waals surface area contributed by atoms with Gasteiger partial charge >= 0.3 is 0 Å². The quantitative estimate of drug-likeness (QED) is 0.0764. The summed E-state index contributed by atoms with van der Waals surface area (Å²) >= 11 is 0. The van der Waals surface area contributed by atoms with Crippen LogP contribution in [0.3, 0.4) is 0 Å². The number of Topliss-reactive ketones (excluding diaryl/α,β-unsaturated/α-hetero) is 1. The van der Waals surface area contributed by atoms with E-state index in [1.807, 2.05) is 18.2 Å². The van der Waals surface area contributed by atoms with E-state index >= 15 is 4.79 Å². The third-order valence-corrected chi connectivity index (χ3v) is 14.4. The molecule has 9 atom stereocenters. The number of benzene rings is 3. The van der Waals surface area contributed by atoms with Gasteiger partial charge in [-0.3, -0.25) is 4.79 Å². The number of unbranched alkanes of at least 4 members (excludes halogenated alkanes) is 2. The lowest BCUT2D eigenvalue weighted by atomic mass is 9.35. The van der Waals surface area contributed by atoms with Gasteiger partial charge in [0.05, 0.1) is 19.3 Å². The molecule has 3 aromatic carbocycles. The number of phenolic OH excluding ortho intramolecular Hbond substituents is 3. The van der Waals surface area contributed by atoms with Crippen LogP contribution in [0.5, 0.6) is 23.0 Å². The fourth-order valence-corrected chi connectivity index (χ4v) is 12.1. The second-order valence-electron chi connectivity index (χ2n) is 17.0. The number of phenols is 3. The molecule has 8 heteroatoms. The van der Waals surface area contributed by atoms with Crippen LogP contribution in [0.25, 0.3) is 6.08 Å². The maximum Gasteiger partial charge on any atom is 0.160 e. The van der Waals surface area contributed by atoms with Crippen molar-refractivity contribution in [2.45, 2.75) is 107 Å². The number of carbonyl (C=O) groups excluding carboxylic acids is 1. The fourth-order valence-electron chi connectivity index (χ4n) is 12.1. The van der Waals surface area contributed by atoms with E-state index in [1.165, 1.54) is 13.2 Å². The molecule has 55 heavy (non-hydrogen) atoms. The zero-order valence-electron chi connectivity index (χ0n) is 32.1. The average molecular weight is 746 g/mol. The summed E-state index contributed by atoms with van der Waals surface area (Å²) < 4.78 is 5.57. The van der Waals surface area contributed by atoms with E-state index in [2.05, 4.69) is 48.4 Å². The minimum Gasteiger partial charge on any atom is -0.504 e. The summed E-state index contributed by atoms with van der Waals surface area (Å²) in [5, 5.41) is 61.2. The predicted octanol–water partition coefficient (Wildman–Crippen LogP) is 7.28. The van der Waals surface area contributed by atoms with Crippen LogP contribution in [0.1, 0.15) is 105 Å². The van der Waals surface area contributed by atoms with Gasteiger partial charge < -0.3 is 35.6 Å². The van der Waals surface area contributed by atoms with Crippen molar-refractivity contribution in [3.05, 3.63) is 88.5 Å². The minimum atomic E-state index is -1.40. The number of fused-ring (bicyclic) bond motifs is 1. The number of ether oxygens (including phenoxy) is 1. The molecule has 1 heterocycles. The highest BCUT2D eigenvalue weighted by Gasteiger charge is 2.74. The molecule has 2 bridgehead atoms. The Kier molecular flexibility index (Phi) is 10.0. The molecule has 2 saturated carbocycles. The van der Waals surface area contributed by atoms with Gasteiger partial charge in [0.25, 0.3) is 0 Å². The van der Waals surface area contributed by atoms with Crippen molar-refractivity contribution < 1.29 is 35.1 Å². The number of ketones is 1. The van der Waals surface area contributed by atoms with Gasteiger partial charge in [0, 0.05) is 53.5 Å². The molecule has 3 aromatic rings. The molecule has 0 amide bonds. The van der Waals surface area contributed by atoms with E-state index in [0.29, 0.717) is 43.4 Å². The summed E-state index contributed by atoms with van der Waals surface area (Å²) in [6.45, 7) is 2.38. The molecular weight excluding hydrogens is 691 g/mol. The van der Waals surface area contributed by atoms with Gasteiger partial charge in [0.1, 0.15) is 5.78 Å². The number of allylic oxidation sites excluding steroid dienone is 1. The Balaban J connectivity index is 1.38. The Morgan fingerprint density at radius 3 is 2.53 bits per heavy atom. The van der Waals surface area contributed by atoms with Crippen molar-refractivity contribution in [2.75, 3.05) is 13.7 Å². The van der Waals surface area contributed by atoms with Crippen LogP contribution in [0.15, 0.2) is 60.7 Å². The largest absolute Gasteiger partial charge is 0.504 e. The van der Waals surface area contributed by atoms with Gasteiger partial charge in [0.2, 0.25) is 0 Å². The zero-order chi connectivity index (χ0) is 38.5. The topological polar surface area (TPSA) is 139 Å². The van der Waals surface area contributed by atoms with E-state index in [4.69, 9.17) is 4.74 Å². The van der Waals surface area contributed by atoms with Crippen molar-refractivity contribution in [1.82, 2.24) is 5.32 Å². The molecule has 6 N–H and O–H groups in total. The molecule has 8 nitrogen and oxygen atoms in total. The molecule has 3 fully saturated rings. The number of hydrogen-bond donors (Lipinski definition) is 6. The van der Waals surface area contributed by atoms with E-state index in [-0.39, 0.29) is 65.1 Å². The van der Waals surface area contributed by atoms with Crippen LogP contribution in [0.2, 0.25) is 0 Å². The van der Waals surface area contributed by atoms with E-state index < -0.39 is 28.8 Å². The van der Waals surface area contributed by atoms with Gasteiger partial charge in [-0.05, 0) is 96.5 Å². The third kappa shape index (κ3) is 5.97. The number of aliphatic hydroxyl groups excluding tert-OH is 1. The van der Waals surface area contributed by atoms with Crippen LogP contribution in [0, 0.1) is 41.4 Å². The Morgan fingerprint density at radius 2 is 1.76 bits per heavy atom. The summed E-state index contributed by atoms with van der Waals surface area (Å²) in [6.07, 6.45) is 12.2. The summed E-state index contributed by atoms with van der Waals surface area (Å²) in [5.41, 5.74) is 1.61. The standard InChI is InChI=1S/C47H55NO7/c1-3-4-6-13-37-39(50)24-35(36-25-43(55-2)42(53)23-33(36)28-49)30(21-29-10-7-5-8-11-29)14-15-32-27-48-45-18-9-12-34-17-16-31-22-40(51)41(52)26-38(31)47(34,45)44(32)46(37,54)20-19-45/h5,7-8,10-11,16-17,22-23,25-26,30,32,34-35,37,44,48-49,51-54H,3-4,6,9,12-13,18-21,24,27-28H2,1-2H3/t30-,32+,34+,35-,37-,44+,45-,46-,47+/m0/s1. The summed E-state index contributed by atoms with van der Waals surface area (Å²) in [7, 11) is 1.49. The monoisotopic (exact) mass is 745 g/mol. The SMILES string of the molecule is CCCCC[C@H]1C(=O)C[C@H](c2cc(OC)c(O)cc2CO)[C@H](Cc2ccccc2)C#C[C@@H]2CN[C@]34CCC[C@@H]5C=Cc6cc(O)c(O)cc6[C@@]53[C@H]2[C@]1(O)CC4. The first-order valence-electron chi connectivity index (χ1n) is 20.4. The molecule has 5 aliphatic rings. The number of nitrogens with one attached hydrogen (secondary N) is 1. The Hall–Kier alpha value is -4.29. The lowest BCUT2D eigenvalue weighted by molar-refractivity contribution is -0.205. The van der Waals surface area contributed by atoms with Gasteiger partial charge in [-0.1, -0.05) is 86.9 Å². The number of hydrogen-bond acceptors (Lipinski definition) is 8. The van der Waals surface area contributed by atoms with Crippen LogP contribution in [-0.4, -0.2) is 56.1 Å². The van der Waals surface area contributed by atoms with E-state index in [9.17, 15) is 25.5 Å². The van der Waals surface area contributed by atoms with Crippen molar-refractivity contribution in [1.29, 1.82) is 0 Å². The molecule has 4 aliphatic carbocycles. The lowest BCUT2D eigenvalue weighted by Crippen LogP contribution is -2.81. The zero-order valence-corrected chi connectivity index (χ0v) is 32.1. The first-order valence-corrected chi connectivity index (χ1v) is 20.4. The van der Waals surface area contributed by atoms with Gasteiger partial charge in [-0.25, -0.2) is 0 Å². The minimum absolute atomic E-state index is 0.00466. The smallest absolute Gasteiger partial charge is 0.160 e. The van der Waals surface area contributed by atoms with Crippen LogP contribution >= 0.6 is 0 Å².